The molecule has 0 amide bonds. The zero-order chi connectivity index (χ0) is 17.9. The highest BCUT2D eigenvalue weighted by Gasteiger charge is 2.24. The molecule has 8 heteroatoms. The summed E-state index contributed by atoms with van der Waals surface area (Å²) in [5.74, 6) is 1.03. The number of anilines is 1. The molecule has 1 aromatic heterocycles. The average molecular weight is 381 g/mol. The molecule has 25 heavy (non-hydrogen) atoms. The second kappa shape index (κ2) is 7.68. The lowest BCUT2D eigenvalue weighted by atomic mass is 9.97. The number of benzene rings is 1. The van der Waals surface area contributed by atoms with E-state index in [9.17, 15) is 8.42 Å². The summed E-state index contributed by atoms with van der Waals surface area (Å²) in [5, 5.41) is 0.457. The number of hydrogen-bond donors (Lipinski definition) is 1. The summed E-state index contributed by atoms with van der Waals surface area (Å²) in [6.07, 6.45) is 5.26. The van der Waals surface area contributed by atoms with E-state index in [1.54, 1.807) is 43.6 Å². The number of nitrogens with one attached hydrogen (secondary N) is 1. The number of nitrogens with zero attached hydrogens (tertiary/aromatic N) is 3. The topological polar surface area (TPSA) is 75.2 Å². The largest absolute Gasteiger partial charge is 0.341 e. The van der Waals surface area contributed by atoms with Crippen LogP contribution in [0.2, 0.25) is 5.02 Å². The Labute approximate surface area is 153 Å². The first kappa shape index (κ1) is 18.1. The Hall–Kier alpha value is -1.70. The van der Waals surface area contributed by atoms with Crippen molar-refractivity contribution in [2.75, 3.05) is 24.5 Å². The maximum Gasteiger partial charge on any atom is 0.240 e. The van der Waals surface area contributed by atoms with E-state index >= 15 is 0 Å². The lowest BCUT2D eigenvalue weighted by Gasteiger charge is -2.31. The normalized spacial score (nSPS) is 16.2. The summed E-state index contributed by atoms with van der Waals surface area (Å²) >= 11 is 6.03. The van der Waals surface area contributed by atoms with Gasteiger partial charge in [0.25, 0.3) is 0 Å². The van der Waals surface area contributed by atoms with Crippen LogP contribution in [0, 0.1) is 12.8 Å². The van der Waals surface area contributed by atoms with E-state index < -0.39 is 10.0 Å². The maximum atomic E-state index is 12.5. The third-order valence-corrected chi connectivity index (χ3v) is 6.50. The number of rotatable bonds is 5. The molecule has 0 spiro atoms. The van der Waals surface area contributed by atoms with Crippen molar-refractivity contribution in [3.8, 4) is 0 Å². The van der Waals surface area contributed by atoms with Gasteiger partial charge in [-0.25, -0.2) is 23.1 Å². The molecule has 0 bridgehead atoms. The third kappa shape index (κ3) is 4.29. The zero-order valence-electron chi connectivity index (χ0n) is 14.0. The van der Waals surface area contributed by atoms with Crippen LogP contribution in [0.25, 0.3) is 0 Å². The van der Waals surface area contributed by atoms with E-state index in [4.69, 9.17) is 11.6 Å². The molecule has 1 N–H and O–H groups in total. The van der Waals surface area contributed by atoms with Crippen LogP contribution in [0.1, 0.15) is 18.4 Å². The third-order valence-electron chi connectivity index (χ3n) is 4.52. The predicted octanol–water partition coefficient (Wildman–Crippen LogP) is 2.63. The summed E-state index contributed by atoms with van der Waals surface area (Å²) < 4.78 is 27.8. The molecule has 1 aromatic carbocycles. The highest BCUT2D eigenvalue weighted by Crippen LogP contribution is 2.24. The first-order chi connectivity index (χ1) is 12.0. The molecule has 1 fully saturated rings. The van der Waals surface area contributed by atoms with Crippen LogP contribution in [0.5, 0.6) is 0 Å². The van der Waals surface area contributed by atoms with Crippen molar-refractivity contribution in [1.82, 2.24) is 14.7 Å². The summed E-state index contributed by atoms with van der Waals surface area (Å²) in [6.45, 7) is 3.80. The molecule has 0 atom stereocenters. The van der Waals surface area contributed by atoms with E-state index in [-0.39, 0.29) is 4.90 Å². The quantitative estimate of drug-likeness (QED) is 0.863. The number of halogens is 1. The molecular formula is C17H21ClN4O2S. The van der Waals surface area contributed by atoms with Crippen LogP contribution in [0.3, 0.4) is 0 Å². The Balaban J connectivity index is 1.57. The fourth-order valence-corrected chi connectivity index (χ4v) is 4.59. The highest BCUT2D eigenvalue weighted by molar-refractivity contribution is 7.89. The molecule has 0 radical (unpaired) electrons. The Kier molecular flexibility index (Phi) is 5.56. The van der Waals surface area contributed by atoms with E-state index in [0.717, 1.165) is 31.9 Å². The molecule has 2 heterocycles. The van der Waals surface area contributed by atoms with Crippen molar-refractivity contribution in [1.29, 1.82) is 0 Å². The van der Waals surface area contributed by atoms with Gasteiger partial charge in [-0.05, 0) is 49.4 Å². The summed E-state index contributed by atoms with van der Waals surface area (Å²) in [6, 6.07) is 6.72. The molecule has 1 aliphatic heterocycles. The van der Waals surface area contributed by atoms with Gasteiger partial charge in [-0.2, -0.15) is 0 Å². The van der Waals surface area contributed by atoms with E-state index in [1.165, 1.54) is 0 Å². The van der Waals surface area contributed by atoms with Crippen LogP contribution in [-0.2, 0) is 10.0 Å². The van der Waals surface area contributed by atoms with E-state index in [1.807, 2.05) is 0 Å². The number of hydrogen-bond acceptors (Lipinski definition) is 5. The first-order valence-corrected chi connectivity index (χ1v) is 10.1. The van der Waals surface area contributed by atoms with Crippen molar-refractivity contribution in [2.24, 2.45) is 5.92 Å². The van der Waals surface area contributed by atoms with Crippen molar-refractivity contribution in [3.05, 3.63) is 47.2 Å². The van der Waals surface area contributed by atoms with Gasteiger partial charge in [0, 0.05) is 37.1 Å². The number of aromatic nitrogens is 2. The van der Waals surface area contributed by atoms with E-state index in [0.29, 0.717) is 23.0 Å². The minimum Gasteiger partial charge on any atom is -0.341 e. The Bertz CT molecular complexity index is 822. The maximum absolute atomic E-state index is 12.5. The average Bonchev–Trinajstić information content (AvgIpc) is 2.63. The summed E-state index contributed by atoms with van der Waals surface area (Å²) in [4.78, 5) is 10.9. The second-order valence-corrected chi connectivity index (χ2v) is 8.34. The number of sulfonamides is 1. The lowest BCUT2D eigenvalue weighted by molar-refractivity contribution is 0.399. The van der Waals surface area contributed by atoms with Gasteiger partial charge in [-0.3, -0.25) is 0 Å². The zero-order valence-corrected chi connectivity index (χ0v) is 15.6. The summed E-state index contributed by atoms with van der Waals surface area (Å²) in [7, 11) is -3.55. The van der Waals surface area contributed by atoms with Gasteiger partial charge in [0.15, 0.2) is 0 Å². The van der Waals surface area contributed by atoms with E-state index in [2.05, 4.69) is 19.6 Å². The van der Waals surface area contributed by atoms with Gasteiger partial charge in [0.1, 0.15) is 0 Å². The lowest BCUT2D eigenvalue weighted by Crippen LogP contribution is -2.39. The van der Waals surface area contributed by atoms with Crippen molar-refractivity contribution in [2.45, 2.75) is 24.7 Å². The van der Waals surface area contributed by atoms with Gasteiger partial charge in [-0.15, -0.1) is 0 Å². The summed E-state index contributed by atoms with van der Waals surface area (Å²) in [5.41, 5.74) is 0.577. The van der Waals surface area contributed by atoms with Crippen molar-refractivity contribution >= 4 is 27.6 Å². The second-order valence-electron chi connectivity index (χ2n) is 6.19. The molecular weight excluding hydrogens is 360 g/mol. The predicted molar refractivity (Wildman–Crippen MR) is 98.3 cm³/mol. The van der Waals surface area contributed by atoms with Gasteiger partial charge in [0.05, 0.1) is 4.90 Å². The SMILES string of the molecule is Cc1c(Cl)cccc1S(=O)(=O)NCC1CCN(c2ncccn2)CC1. The molecule has 134 valence electrons. The van der Waals surface area contributed by atoms with Crippen molar-refractivity contribution in [3.63, 3.8) is 0 Å². The monoisotopic (exact) mass is 380 g/mol. The Morgan fingerprint density at radius 1 is 1.20 bits per heavy atom. The first-order valence-electron chi connectivity index (χ1n) is 8.24. The van der Waals surface area contributed by atoms with Gasteiger partial charge in [-0.1, -0.05) is 17.7 Å². The number of piperidine rings is 1. The molecule has 6 nitrogen and oxygen atoms in total. The highest BCUT2D eigenvalue weighted by atomic mass is 35.5. The minimum absolute atomic E-state index is 0.245. The minimum atomic E-state index is -3.55. The van der Waals surface area contributed by atoms with Crippen LogP contribution in [-0.4, -0.2) is 38.0 Å². The van der Waals surface area contributed by atoms with Gasteiger partial charge in [0.2, 0.25) is 16.0 Å². The molecule has 0 aliphatic carbocycles. The van der Waals surface area contributed by atoms with Gasteiger partial charge < -0.3 is 4.90 Å². The van der Waals surface area contributed by atoms with Crippen LogP contribution in [0.4, 0.5) is 5.95 Å². The van der Waals surface area contributed by atoms with Crippen LogP contribution in [0.15, 0.2) is 41.6 Å². The van der Waals surface area contributed by atoms with Crippen LogP contribution < -0.4 is 9.62 Å². The standard InChI is InChI=1S/C17H21ClN4O2S/c1-13-15(18)4-2-5-16(13)25(23,24)21-12-14-6-10-22(11-7-14)17-19-8-3-9-20-17/h2-5,8-9,14,21H,6-7,10-12H2,1H3. The van der Waals surface area contributed by atoms with Crippen LogP contribution >= 0.6 is 11.6 Å². The smallest absolute Gasteiger partial charge is 0.240 e. The molecule has 3 rings (SSSR count). The van der Waals surface area contributed by atoms with Crippen molar-refractivity contribution < 1.29 is 8.42 Å². The molecule has 1 aliphatic rings. The molecule has 2 aromatic rings. The Morgan fingerprint density at radius 3 is 2.56 bits per heavy atom. The molecule has 0 saturated carbocycles. The van der Waals surface area contributed by atoms with Gasteiger partial charge >= 0.3 is 0 Å². The fraction of sp³-hybridized carbons (Fsp3) is 0.412. The Morgan fingerprint density at radius 2 is 1.88 bits per heavy atom. The molecule has 0 unspecified atom stereocenters. The molecule has 1 saturated heterocycles. The fourth-order valence-electron chi connectivity index (χ4n) is 2.98.